The highest BCUT2D eigenvalue weighted by Crippen LogP contribution is 2.09. The summed E-state index contributed by atoms with van der Waals surface area (Å²) in [5.41, 5.74) is 2.70. The van der Waals surface area contributed by atoms with Gasteiger partial charge in [-0.25, -0.2) is 0 Å². The lowest BCUT2D eigenvalue weighted by Crippen LogP contribution is -2.30. The van der Waals surface area contributed by atoms with E-state index in [1.165, 1.54) is 0 Å². The van der Waals surface area contributed by atoms with Crippen molar-refractivity contribution in [3.63, 3.8) is 0 Å². The van der Waals surface area contributed by atoms with Crippen molar-refractivity contribution in [2.75, 3.05) is 0 Å². The van der Waals surface area contributed by atoms with Crippen LogP contribution in [0.25, 0.3) is 0 Å². The molecule has 2 nitrogen and oxygen atoms in total. The van der Waals surface area contributed by atoms with Crippen LogP contribution in [0, 0.1) is 0 Å². The highest BCUT2D eigenvalue weighted by molar-refractivity contribution is 5.76. The van der Waals surface area contributed by atoms with Crippen LogP contribution in [0.4, 0.5) is 0 Å². The lowest BCUT2D eigenvalue weighted by Gasteiger charge is -2.08. The molecule has 11 heavy (non-hydrogen) atoms. The maximum atomic E-state index is 11.0. The fourth-order valence-corrected chi connectivity index (χ4v) is 1.27. The van der Waals surface area contributed by atoms with Gasteiger partial charge in [0.15, 0.2) is 0 Å². The SMILES string of the molecule is C=C=C[C@@H]1CCCCC(=O)N1. The summed E-state index contributed by atoms with van der Waals surface area (Å²) in [6, 6.07) is 0.169. The van der Waals surface area contributed by atoms with Gasteiger partial charge in [-0.3, -0.25) is 4.79 Å². The summed E-state index contributed by atoms with van der Waals surface area (Å²) < 4.78 is 0. The average molecular weight is 151 g/mol. The smallest absolute Gasteiger partial charge is 0.220 e. The second-order valence-electron chi connectivity index (χ2n) is 2.79. The van der Waals surface area contributed by atoms with E-state index in [0.29, 0.717) is 6.42 Å². The maximum absolute atomic E-state index is 11.0. The zero-order valence-corrected chi connectivity index (χ0v) is 6.60. The fourth-order valence-electron chi connectivity index (χ4n) is 1.27. The van der Waals surface area contributed by atoms with Crippen molar-refractivity contribution in [2.45, 2.75) is 31.7 Å². The molecule has 1 aliphatic rings. The predicted molar refractivity (Wildman–Crippen MR) is 44.1 cm³/mol. The Balaban J connectivity index is 2.51. The maximum Gasteiger partial charge on any atom is 0.220 e. The van der Waals surface area contributed by atoms with Gasteiger partial charge < -0.3 is 5.32 Å². The Hall–Kier alpha value is -1.01. The van der Waals surface area contributed by atoms with Crippen molar-refractivity contribution in [3.8, 4) is 0 Å². The summed E-state index contributed by atoms with van der Waals surface area (Å²) in [6.07, 6.45) is 5.63. The quantitative estimate of drug-likeness (QED) is 0.564. The zero-order chi connectivity index (χ0) is 8.10. The van der Waals surface area contributed by atoms with Gasteiger partial charge in [-0.15, -0.1) is 5.73 Å². The van der Waals surface area contributed by atoms with E-state index in [9.17, 15) is 4.79 Å². The third-order valence-electron chi connectivity index (χ3n) is 1.83. The summed E-state index contributed by atoms with van der Waals surface area (Å²) in [6.45, 7) is 3.48. The van der Waals surface area contributed by atoms with Gasteiger partial charge in [0, 0.05) is 6.42 Å². The number of hydrogen-bond acceptors (Lipinski definition) is 1. The Labute approximate surface area is 67.0 Å². The van der Waals surface area contributed by atoms with Crippen molar-refractivity contribution in [2.24, 2.45) is 0 Å². The molecule has 60 valence electrons. The molecule has 0 spiro atoms. The van der Waals surface area contributed by atoms with E-state index >= 15 is 0 Å². The molecular formula is C9H13NO. The average Bonchev–Trinajstić information content (AvgIpc) is 2.15. The van der Waals surface area contributed by atoms with Crippen LogP contribution in [-0.4, -0.2) is 11.9 Å². The third kappa shape index (κ3) is 2.60. The summed E-state index contributed by atoms with van der Waals surface area (Å²) >= 11 is 0. The molecule has 2 heteroatoms. The number of rotatable bonds is 1. The fraction of sp³-hybridized carbons (Fsp3) is 0.556. The van der Waals surface area contributed by atoms with E-state index in [-0.39, 0.29) is 11.9 Å². The van der Waals surface area contributed by atoms with Crippen molar-refractivity contribution < 1.29 is 4.79 Å². The Morgan fingerprint density at radius 3 is 3.18 bits per heavy atom. The van der Waals surface area contributed by atoms with E-state index in [2.05, 4.69) is 17.6 Å². The highest BCUT2D eigenvalue weighted by atomic mass is 16.1. The Bertz CT molecular complexity index is 192. The first kappa shape index (κ1) is 8.09. The first-order valence-corrected chi connectivity index (χ1v) is 3.98. The minimum atomic E-state index is 0.152. The first-order valence-electron chi connectivity index (χ1n) is 3.98. The van der Waals surface area contributed by atoms with Crippen LogP contribution in [-0.2, 0) is 4.79 Å². The van der Waals surface area contributed by atoms with Gasteiger partial charge in [0.2, 0.25) is 5.91 Å². The monoisotopic (exact) mass is 151 g/mol. The lowest BCUT2D eigenvalue weighted by molar-refractivity contribution is -0.121. The zero-order valence-electron chi connectivity index (χ0n) is 6.60. The summed E-state index contributed by atoms with van der Waals surface area (Å²) in [7, 11) is 0. The number of amides is 1. The van der Waals surface area contributed by atoms with E-state index < -0.39 is 0 Å². The molecule has 0 saturated carbocycles. The Morgan fingerprint density at radius 2 is 2.45 bits per heavy atom. The standard InChI is InChI=1S/C9H13NO/c1-2-5-8-6-3-4-7-9(11)10-8/h5,8H,1,3-4,6-7H2,(H,10,11)/t8-/m1/s1. The van der Waals surface area contributed by atoms with Crippen LogP contribution in [0.2, 0.25) is 0 Å². The van der Waals surface area contributed by atoms with Crippen LogP contribution >= 0.6 is 0 Å². The molecule has 0 aromatic rings. The van der Waals surface area contributed by atoms with Crippen molar-refractivity contribution in [1.29, 1.82) is 0 Å². The molecule has 0 bridgehead atoms. The molecule has 1 atom stereocenters. The van der Waals surface area contributed by atoms with Crippen LogP contribution in [0.15, 0.2) is 18.4 Å². The molecule has 1 heterocycles. The molecule has 0 aromatic heterocycles. The molecule has 0 unspecified atom stereocenters. The van der Waals surface area contributed by atoms with Gasteiger partial charge in [0.05, 0.1) is 6.04 Å². The Morgan fingerprint density at radius 1 is 1.64 bits per heavy atom. The molecule has 1 saturated heterocycles. The van der Waals surface area contributed by atoms with Gasteiger partial charge in [-0.2, -0.15) is 0 Å². The van der Waals surface area contributed by atoms with Crippen LogP contribution in [0.3, 0.4) is 0 Å². The molecule has 1 amide bonds. The second kappa shape index (κ2) is 3.99. The van der Waals surface area contributed by atoms with Crippen LogP contribution in [0.5, 0.6) is 0 Å². The second-order valence-corrected chi connectivity index (χ2v) is 2.79. The van der Waals surface area contributed by atoms with Crippen LogP contribution in [0.1, 0.15) is 25.7 Å². The van der Waals surface area contributed by atoms with Crippen molar-refractivity contribution >= 4 is 5.91 Å². The molecular weight excluding hydrogens is 138 g/mol. The van der Waals surface area contributed by atoms with E-state index in [1.54, 1.807) is 0 Å². The molecule has 1 rings (SSSR count). The minimum absolute atomic E-state index is 0.152. The predicted octanol–water partition coefficient (Wildman–Crippen LogP) is 1.39. The minimum Gasteiger partial charge on any atom is -0.349 e. The van der Waals surface area contributed by atoms with E-state index in [1.807, 2.05) is 6.08 Å². The van der Waals surface area contributed by atoms with Crippen molar-refractivity contribution in [3.05, 3.63) is 18.4 Å². The third-order valence-corrected chi connectivity index (χ3v) is 1.83. The number of nitrogens with one attached hydrogen (secondary N) is 1. The molecule has 0 radical (unpaired) electrons. The van der Waals surface area contributed by atoms with E-state index in [0.717, 1.165) is 19.3 Å². The van der Waals surface area contributed by atoms with Gasteiger partial charge in [-0.05, 0) is 18.9 Å². The number of carbonyl (C=O) groups is 1. The number of hydrogen-bond donors (Lipinski definition) is 1. The normalized spacial score (nSPS) is 24.7. The topological polar surface area (TPSA) is 29.1 Å². The molecule has 1 N–H and O–H groups in total. The van der Waals surface area contributed by atoms with Gasteiger partial charge in [0.25, 0.3) is 0 Å². The molecule has 1 aliphatic heterocycles. The summed E-state index contributed by atoms with van der Waals surface area (Å²) in [5.74, 6) is 0.152. The van der Waals surface area contributed by atoms with Gasteiger partial charge in [-0.1, -0.05) is 13.0 Å². The summed E-state index contributed by atoms with van der Waals surface area (Å²) in [4.78, 5) is 11.0. The summed E-state index contributed by atoms with van der Waals surface area (Å²) in [5, 5.41) is 2.88. The largest absolute Gasteiger partial charge is 0.349 e. The molecule has 1 fully saturated rings. The molecule has 0 aliphatic carbocycles. The number of carbonyl (C=O) groups excluding carboxylic acids is 1. The van der Waals surface area contributed by atoms with Gasteiger partial charge >= 0.3 is 0 Å². The Kier molecular flexibility index (Phi) is 2.94. The van der Waals surface area contributed by atoms with Gasteiger partial charge in [0.1, 0.15) is 0 Å². The van der Waals surface area contributed by atoms with Crippen molar-refractivity contribution in [1.82, 2.24) is 5.32 Å². The molecule has 0 aromatic carbocycles. The first-order chi connectivity index (χ1) is 5.33. The highest BCUT2D eigenvalue weighted by Gasteiger charge is 2.12. The van der Waals surface area contributed by atoms with E-state index in [4.69, 9.17) is 0 Å². The van der Waals surface area contributed by atoms with Crippen LogP contribution < -0.4 is 5.32 Å². The lowest BCUT2D eigenvalue weighted by atomic mass is 10.1.